The second kappa shape index (κ2) is 10.5. The Bertz CT molecular complexity index is 909. The van der Waals surface area contributed by atoms with Crippen LogP contribution in [0.1, 0.15) is 71.9 Å². The van der Waals surface area contributed by atoms with Gasteiger partial charge in [-0.1, -0.05) is 0 Å². The number of morpholine rings is 1. The number of anilines is 2. The van der Waals surface area contributed by atoms with Gasteiger partial charge in [-0.25, -0.2) is 13.1 Å². The van der Waals surface area contributed by atoms with Gasteiger partial charge in [0.05, 0.1) is 23.0 Å². The molecule has 0 spiro atoms. The van der Waals surface area contributed by atoms with E-state index in [9.17, 15) is 13.2 Å². The molecule has 8 heteroatoms. The van der Waals surface area contributed by atoms with Gasteiger partial charge in [-0.15, -0.1) is 0 Å². The van der Waals surface area contributed by atoms with E-state index in [0.29, 0.717) is 25.8 Å². The van der Waals surface area contributed by atoms with E-state index in [1.165, 1.54) is 5.69 Å². The summed E-state index contributed by atoms with van der Waals surface area (Å²) >= 11 is 0. The molecule has 0 radical (unpaired) electrons. The molecular weight excluding hydrogens is 426 g/mol. The second-order valence-electron chi connectivity index (χ2n) is 10.0. The number of amides is 1. The summed E-state index contributed by atoms with van der Waals surface area (Å²) < 4.78 is 31.8. The molecule has 182 valence electrons. The van der Waals surface area contributed by atoms with Gasteiger partial charge < -0.3 is 15.0 Å². The van der Waals surface area contributed by atoms with E-state index in [1.807, 2.05) is 13.0 Å². The van der Waals surface area contributed by atoms with Gasteiger partial charge in [0, 0.05) is 30.9 Å². The lowest BCUT2D eigenvalue weighted by atomic mass is 10.0. The summed E-state index contributed by atoms with van der Waals surface area (Å²) in [4.78, 5) is 14.8. The van der Waals surface area contributed by atoms with Crippen LogP contribution in [0.2, 0.25) is 0 Å². The standard InChI is InChI=1S/C24H41N3O4S/c1-16-14-22(27-15-18(3)31-20(5)19(27)4)17(2)13-21(16)26-23(28)11-9-10-12-25-32(29,30)24(6,7)8/h13-14,18-20,25H,9-12,15H2,1-8H3,(H,26,28). The Balaban J connectivity index is 1.92. The first-order chi connectivity index (χ1) is 14.7. The maximum atomic E-state index is 12.4. The Morgan fingerprint density at radius 2 is 1.78 bits per heavy atom. The van der Waals surface area contributed by atoms with E-state index >= 15 is 0 Å². The molecule has 2 N–H and O–H groups in total. The summed E-state index contributed by atoms with van der Waals surface area (Å²) in [6.07, 6.45) is 1.92. The van der Waals surface area contributed by atoms with Gasteiger partial charge in [0.2, 0.25) is 15.9 Å². The average molecular weight is 468 g/mol. The van der Waals surface area contributed by atoms with E-state index < -0.39 is 14.8 Å². The second-order valence-corrected chi connectivity index (χ2v) is 12.5. The van der Waals surface area contributed by atoms with E-state index in [4.69, 9.17) is 4.74 Å². The van der Waals surface area contributed by atoms with Crippen molar-refractivity contribution in [3.63, 3.8) is 0 Å². The Labute approximate surface area is 194 Å². The van der Waals surface area contributed by atoms with Gasteiger partial charge in [0.1, 0.15) is 0 Å². The molecule has 0 aliphatic carbocycles. The average Bonchev–Trinajstić information content (AvgIpc) is 2.66. The van der Waals surface area contributed by atoms with Crippen LogP contribution >= 0.6 is 0 Å². The van der Waals surface area contributed by atoms with Crippen molar-refractivity contribution in [3.05, 3.63) is 23.3 Å². The summed E-state index contributed by atoms with van der Waals surface area (Å²) in [7, 11) is -3.34. The van der Waals surface area contributed by atoms with Crippen LogP contribution < -0.4 is 14.9 Å². The zero-order valence-corrected chi connectivity index (χ0v) is 21.7. The predicted molar refractivity (Wildman–Crippen MR) is 132 cm³/mol. The van der Waals surface area contributed by atoms with Crippen molar-refractivity contribution in [2.24, 2.45) is 0 Å². The Hall–Kier alpha value is -1.64. The molecule has 7 nitrogen and oxygen atoms in total. The van der Waals surface area contributed by atoms with E-state index in [1.54, 1.807) is 20.8 Å². The fourth-order valence-electron chi connectivity index (χ4n) is 3.83. The summed E-state index contributed by atoms with van der Waals surface area (Å²) in [5, 5.41) is 3.02. The molecule has 0 saturated carbocycles. The van der Waals surface area contributed by atoms with Crippen LogP contribution in [-0.2, 0) is 19.6 Å². The first kappa shape index (κ1) is 26.6. The van der Waals surface area contributed by atoms with Gasteiger partial charge in [-0.05, 0) is 91.5 Å². The Morgan fingerprint density at radius 3 is 2.41 bits per heavy atom. The molecule has 0 aromatic heterocycles. The van der Waals surface area contributed by atoms with Crippen LogP contribution in [0.15, 0.2) is 12.1 Å². The zero-order valence-electron chi connectivity index (χ0n) is 20.9. The van der Waals surface area contributed by atoms with Gasteiger partial charge in [0.15, 0.2) is 0 Å². The lowest BCUT2D eigenvalue weighted by Crippen LogP contribution is -2.52. The van der Waals surface area contributed by atoms with Gasteiger partial charge in [0.25, 0.3) is 0 Å². The van der Waals surface area contributed by atoms with Crippen molar-refractivity contribution in [2.75, 3.05) is 23.3 Å². The molecule has 1 saturated heterocycles. The number of rotatable bonds is 8. The number of carbonyl (C=O) groups excluding carboxylic acids is 1. The monoisotopic (exact) mass is 467 g/mol. The third kappa shape index (κ3) is 6.68. The van der Waals surface area contributed by atoms with Gasteiger partial charge in [-0.3, -0.25) is 4.79 Å². The van der Waals surface area contributed by atoms with Crippen LogP contribution in [0.4, 0.5) is 11.4 Å². The molecule has 0 bridgehead atoms. The number of aryl methyl sites for hydroxylation is 2. The minimum atomic E-state index is -3.34. The third-order valence-corrected chi connectivity index (χ3v) is 8.32. The van der Waals surface area contributed by atoms with Crippen molar-refractivity contribution >= 4 is 27.3 Å². The molecule has 1 aromatic rings. The summed E-state index contributed by atoms with van der Waals surface area (Å²) in [6, 6.07) is 4.46. The van der Waals surface area contributed by atoms with Crippen molar-refractivity contribution in [1.82, 2.24) is 4.72 Å². The summed E-state index contributed by atoms with van der Waals surface area (Å²) in [5.74, 6) is -0.0547. The van der Waals surface area contributed by atoms with Crippen molar-refractivity contribution in [2.45, 2.75) is 97.6 Å². The molecule has 1 aliphatic rings. The molecule has 1 amide bonds. The molecule has 1 aliphatic heterocycles. The topological polar surface area (TPSA) is 87.7 Å². The Kier molecular flexibility index (Phi) is 8.76. The minimum Gasteiger partial charge on any atom is -0.372 e. The maximum absolute atomic E-state index is 12.4. The molecule has 1 aromatic carbocycles. The first-order valence-corrected chi connectivity index (χ1v) is 13.0. The van der Waals surface area contributed by atoms with Gasteiger partial charge >= 0.3 is 0 Å². The number of hydrogen-bond acceptors (Lipinski definition) is 5. The molecule has 3 atom stereocenters. The van der Waals surface area contributed by atoms with Crippen LogP contribution in [-0.4, -0.2) is 50.4 Å². The number of hydrogen-bond donors (Lipinski definition) is 2. The fraction of sp³-hybridized carbons (Fsp3) is 0.708. The van der Waals surface area contributed by atoms with E-state index in [-0.39, 0.29) is 24.2 Å². The predicted octanol–water partition coefficient (Wildman–Crippen LogP) is 4.13. The fourth-order valence-corrected chi connectivity index (χ4v) is 4.67. The number of benzene rings is 1. The quantitative estimate of drug-likeness (QED) is 0.561. The number of nitrogens with one attached hydrogen (secondary N) is 2. The molecular formula is C24H41N3O4S. The Morgan fingerprint density at radius 1 is 1.12 bits per heavy atom. The number of nitrogens with zero attached hydrogens (tertiary/aromatic N) is 1. The largest absolute Gasteiger partial charge is 0.372 e. The van der Waals surface area contributed by atoms with Crippen LogP contribution in [0.3, 0.4) is 0 Å². The summed E-state index contributed by atoms with van der Waals surface area (Å²) in [5.41, 5.74) is 4.15. The molecule has 2 rings (SSSR count). The SMILES string of the molecule is Cc1cc(N2CC(C)OC(C)C2C)c(C)cc1NC(=O)CCCCNS(=O)(=O)C(C)(C)C. The minimum absolute atomic E-state index is 0.0547. The highest BCUT2D eigenvalue weighted by Gasteiger charge is 2.31. The van der Waals surface area contributed by atoms with E-state index in [0.717, 1.165) is 23.4 Å². The van der Waals surface area contributed by atoms with Crippen molar-refractivity contribution in [1.29, 1.82) is 0 Å². The van der Waals surface area contributed by atoms with E-state index in [2.05, 4.69) is 48.7 Å². The molecule has 1 heterocycles. The van der Waals surface area contributed by atoms with Gasteiger partial charge in [-0.2, -0.15) is 0 Å². The maximum Gasteiger partial charge on any atom is 0.224 e. The molecule has 3 unspecified atom stereocenters. The third-order valence-electron chi connectivity index (χ3n) is 6.13. The number of ether oxygens (including phenoxy) is 1. The smallest absolute Gasteiger partial charge is 0.224 e. The van der Waals surface area contributed by atoms with Crippen LogP contribution in [0.25, 0.3) is 0 Å². The number of unbranched alkanes of at least 4 members (excludes halogenated alkanes) is 1. The highest BCUT2D eigenvalue weighted by molar-refractivity contribution is 7.90. The zero-order chi connectivity index (χ0) is 24.3. The molecule has 32 heavy (non-hydrogen) atoms. The lowest BCUT2D eigenvalue weighted by molar-refractivity contribution is -0.116. The number of carbonyl (C=O) groups is 1. The van der Waals surface area contributed by atoms with Crippen molar-refractivity contribution in [3.8, 4) is 0 Å². The first-order valence-electron chi connectivity index (χ1n) is 11.6. The number of sulfonamides is 1. The van der Waals surface area contributed by atoms with Crippen LogP contribution in [0.5, 0.6) is 0 Å². The van der Waals surface area contributed by atoms with Crippen molar-refractivity contribution < 1.29 is 17.9 Å². The molecule has 1 fully saturated rings. The highest BCUT2D eigenvalue weighted by Crippen LogP contribution is 2.32. The van der Waals surface area contributed by atoms with Crippen LogP contribution in [0, 0.1) is 13.8 Å². The lowest BCUT2D eigenvalue weighted by Gasteiger charge is -2.43. The summed E-state index contributed by atoms with van der Waals surface area (Å²) in [6.45, 7) is 16.7. The normalized spacial score (nSPS) is 22.1. The highest BCUT2D eigenvalue weighted by atomic mass is 32.2.